The van der Waals surface area contributed by atoms with Gasteiger partial charge < -0.3 is 9.64 Å². The van der Waals surface area contributed by atoms with Crippen LogP contribution in [-0.4, -0.2) is 50.6 Å². The van der Waals surface area contributed by atoms with Crippen LogP contribution in [0.5, 0.6) is 5.75 Å². The molecular weight excluding hydrogens is 272 g/mol. The number of hydrogen-bond acceptors (Lipinski definition) is 3. The summed E-state index contributed by atoms with van der Waals surface area (Å²) in [6.07, 6.45) is 5.05. The van der Waals surface area contributed by atoms with Crippen LogP contribution < -0.4 is 4.74 Å². The summed E-state index contributed by atoms with van der Waals surface area (Å²) in [5.74, 6) is 1.86. The van der Waals surface area contributed by atoms with E-state index in [1.807, 2.05) is 0 Å². The van der Waals surface area contributed by atoms with Crippen molar-refractivity contribution in [2.75, 3.05) is 40.8 Å². The smallest absolute Gasteiger partial charge is 0.123 e. The van der Waals surface area contributed by atoms with Crippen molar-refractivity contribution in [1.29, 1.82) is 0 Å². The lowest BCUT2D eigenvalue weighted by Gasteiger charge is -2.31. The Balaban J connectivity index is 2.00. The monoisotopic (exact) mass is 304 g/mol. The highest BCUT2D eigenvalue weighted by atomic mass is 16.5. The zero-order chi connectivity index (χ0) is 15.9. The molecule has 0 N–H and O–H groups in total. The molecule has 0 radical (unpaired) electrons. The molecule has 1 aromatic rings. The highest BCUT2D eigenvalue weighted by Gasteiger charge is 2.17. The Hall–Kier alpha value is -1.06. The van der Waals surface area contributed by atoms with Crippen molar-refractivity contribution in [1.82, 2.24) is 9.80 Å². The van der Waals surface area contributed by atoms with Gasteiger partial charge in [-0.25, -0.2) is 0 Å². The van der Waals surface area contributed by atoms with E-state index in [0.29, 0.717) is 0 Å². The van der Waals surface area contributed by atoms with E-state index in [1.165, 1.54) is 43.5 Å². The average Bonchev–Trinajstić information content (AvgIpc) is 2.47. The number of likely N-dealkylation sites (tertiary alicyclic amines) is 1. The Kier molecular flexibility index (Phi) is 6.71. The van der Waals surface area contributed by atoms with Crippen molar-refractivity contribution >= 4 is 0 Å². The molecule has 22 heavy (non-hydrogen) atoms. The van der Waals surface area contributed by atoms with E-state index < -0.39 is 0 Å². The Morgan fingerprint density at radius 3 is 2.82 bits per heavy atom. The summed E-state index contributed by atoms with van der Waals surface area (Å²) in [6, 6.07) is 6.72. The summed E-state index contributed by atoms with van der Waals surface area (Å²) in [4.78, 5) is 4.83. The number of methoxy groups -OCH3 is 1. The molecule has 124 valence electrons. The molecule has 0 saturated carbocycles. The molecule has 0 spiro atoms. The molecule has 1 aliphatic heterocycles. The van der Waals surface area contributed by atoms with E-state index in [2.05, 4.69) is 49.0 Å². The molecule has 0 bridgehead atoms. The van der Waals surface area contributed by atoms with Crippen molar-refractivity contribution in [3.05, 3.63) is 29.3 Å². The highest BCUT2D eigenvalue weighted by molar-refractivity contribution is 5.37. The molecule has 1 saturated heterocycles. The number of piperidine rings is 1. The maximum absolute atomic E-state index is 5.58. The third kappa shape index (κ3) is 5.29. The maximum Gasteiger partial charge on any atom is 0.123 e. The van der Waals surface area contributed by atoms with E-state index in [0.717, 1.165) is 31.2 Å². The fourth-order valence-electron chi connectivity index (χ4n) is 3.38. The summed E-state index contributed by atoms with van der Waals surface area (Å²) >= 11 is 0. The normalized spacial score (nSPS) is 19.6. The van der Waals surface area contributed by atoms with E-state index in [-0.39, 0.29) is 0 Å². The standard InChI is InChI=1S/C19H32N2O/c1-16-7-5-12-21(14-16)15-18-13-17(8-6-11-20(2)3)9-10-19(18)22-4/h9-10,13,16H,5-8,11-12,14-15H2,1-4H3. The molecule has 1 unspecified atom stereocenters. The van der Waals surface area contributed by atoms with E-state index in [1.54, 1.807) is 7.11 Å². The minimum absolute atomic E-state index is 0.822. The third-order valence-electron chi connectivity index (χ3n) is 4.55. The Morgan fingerprint density at radius 1 is 1.32 bits per heavy atom. The predicted octanol–water partition coefficient (Wildman–Crippen LogP) is 3.42. The van der Waals surface area contributed by atoms with Gasteiger partial charge in [-0.2, -0.15) is 0 Å². The molecule has 2 rings (SSSR count). The van der Waals surface area contributed by atoms with Crippen molar-refractivity contribution < 1.29 is 4.74 Å². The zero-order valence-corrected chi connectivity index (χ0v) is 14.8. The lowest BCUT2D eigenvalue weighted by molar-refractivity contribution is 0.175. The molecular formula is C19H32N2O. The number of rotatable bonds is 7. The highest BCUT2D eigenvalue weighted by Crippen LogP contribution is 2.25. The van der Waals surface area contributed by atoms with Crippen LogP contribution in [0.15, 0.2) is 18.2 Å². The fourth-order valence-corrected chi connectivity index (χ4v) is 3.38. The predicted molar refractivity (Wildman–Crippen MR) is 93.5 cm³/mol. The third-order valence-corrected chi connectivity index (χ3v) is 4.55. The molecule has 0 aliphatic carbocycles. The number of hydrogen-bond donors (Lipinski definition) is 0. The van der Waals surface area contributed by atoms with Crippen molar-refractivity contribution in [2.24, 2.45) is 5.92 Å². The van der Waals surface area contributed by atoms with Gasteiger partial charge in [-0.3, -0.25) is 4.90 Å². The van der Waals surface area contributed by atoms with Crippen LogP contribution in [0.4, 0.5) is 0 Å². The van der Waals surface area contributed by atoms with Crippen LogP contribution >= 0.6 is 0 Å². The van der Waals surface area contributed by atoms with Gasteiger partial charge in [0.2, 0.25) is 0 Å². The van der Waals surface area contributed by atoms with Gasteiger partial charge in [0.05, 0.1) is 7.11 Å². The summed E-state index contributed by atoms with van der Waals surface area (Å²) in [6.45, 7) is 6.97. The van der Waals surface area contributed by atoms with E-state index >= 15 is 0 Å². The Morgan fingerprint density at radius 2 is 2.14 bits per heavy atom. The van der Waals surface area contributed by atoms with Crippen molar-refractivity contribution in [3.8, 4) is 5.75 Å². The first-order valence-corrected chi connectivity index (χ1v) is 8.61. The van der Waals surface area contributed by atoms with Crippen LogP contribution in [0.1, 0.15) is 37.3 Å². The number of aryl methyl sites for hydroxylation is 1. The molecule has 1 heterocycles. The van der Waals surface area contributed by atoms with Gasteiger partial charge >= 0.3 is 0 Å². The second kappa shape index (κ2) is 8.54. The SMILES string of the molecule is COc1ccc(CCCN(C)C)cc1CN1CCCC(C)C1. The van der Waals surface area contributed by atoms with Gasteiger partial charge in [-0.05, 0) is 70.4 Å². The maximum atomic E-state index is 5.58. The van der Waals surface area contributed by atoms with Crippen LogP contribution in [-0.2, 0) is 13.0 Å². The fraction of sp³-hybridized carbons (Fsp3) is 0.684. The summed E-state index contributed by atoms with van der Waals surface area (Å²) < 4.78 is 5.58. The number of nitrogens with zero attached hydrogens (tertiary/aromatic N) is 2. The van der Waals surface area contributed by atoms with Gasteiger partial charge in [0, 0.05) is 18.7 Å². The lowest BCUT2D eigenvalue weighted by atomic mass is 9.99. The molecule has 0 amide bonds. The van der Waals surface area contributed by atoms with Crippen LogP contribution in [0, 0.1) is 5.92 Å². The Bertz CT molecular complexity index is 459. The average molecular weight is 304 g/mol. The molecule has 1 aromatic carbocycles. The number of benzene rings is 1. The first-order chi connectivity index (χ1) is 10.6. The largest absolute Gasteiger partial charge is 0.496 e. The molecule has 1 fully saturated rings. The quantitative estimate of drug-likeness (QED) is 0.767. The first-order valence-electron chi connectivity index (χ1n) is 8.61. The lowest BCUT2D eigenvalue weighted by Crippen LogP contribution is -2.33. The van der Waals surface area contributed by atoms with Crippen molar-refractivity contribution in [3.63, 3.8) is 0 Å². The molecule has 3 nitrogen and oxygen atoms in total. The van der Waals surface area contributed by atoms with Crippen LogP contribution in [0.2, 0.25) is 0 Å². The summed E-state index contributed by atoms with van der Waals surface area (Å²) in [5.41, 5.74) is 2.78. The van der Waals surface area contributed by atoms with Gasteiger partial charge in [0.1, 0.15) is 5.75 Å². The van der Waals surface area contributed by atoms with Crippen LogP contribution in [0.3, 0.4) is 0 Å². The topological polar surface area (TPSA) is 15.7 Å². The van der Waals surface area contributed by atoms with E-state index in [9.17, 15) is 0 Å². The number of ether oxygens (including phenoxy) is 1. The molecule has 1 aliphatic rings. The zero-order valence-electron chi connectivity index (χ0n) is 14.8. The minimum Gasteiger partial charge on any atom is -0.496 e. The molecule has 1 atom stereocenters. The van der Waals surface area contributed by atoms with Gasteiger partial charge in [0.25, 0.3) is 0 Å². The van der Waals surface area contributed by atoms with Gasteiger partial charge in [0.15, 0.2) is 0 Å². The minimum atomic E-state index is 0.822. The first kappa shape index (κ1) is 17.3. The van der Waals surface area contributed by atoms with E-state index in [4.69, 9.17) is 4.74 Å². The Labute approximate surface area is 136 Å². The summed E-state index contributed by atoms with van der Waals surface area (Å²) in [7, 11) is 6.05. The van der Waals surface area contributed by atoms with Gasteiger partial charge in [-0.1, -0.05) is 19.1 Å². The van der Waals surface area contributed by atoms with Crippen molar-refractivity contribution in [2.45, 2.75) is 39.2 Å². The summed E-state index contributed by atoms with van der Waals surface area (Å²) in [5, 5.41) is 0. The second-order valence-electron chi connectivity index (χ2n) is 7.04. The van der Waals surface area contributed by atoms with Crippen LogP contribution in [0.25, 0.3) is 0 Å². The molecule has 0 aromatic heterocycles. The van der Waals surface area contributed by atoms with Gasteiger partial charge in [-0.15, -0.1) is 0 Å². The molecule has 3 heteroatoms. The second-order valence-corrected chi connectivity index (χ2v) is 7.04.